The van der Waals surface area contributed by atoms with E-state index >= 15 is 0 Å². The number of hydrogen-bond donors (Lipinski definition) is 8. The number of aliphatic hydroxyl groups excluding tert-OH is 3. The number of guanidine groups is 1. The standard InChI is InChI=1S/C12H22N4O8/c1-4(18)15-7-5(16-11(13)14)2-12(23,10(21)22)24-9(7)8(20)6(19)3-17/h5-9,17,19-20,23H,2-3H2,1H3,(H,15,18)(H,21,22)(H4,13,14,16)/t5-,6+,7+,8+,9+,12+/m0/s1. The molecular weight excluding hydrogens is 328 g/mol. The summed E-state index contributed by atoms with van der Waals surface area (Å²) in [6, 6.07) is -2.33. The second-order valence-corrected chi connectivity index (χ2v) is 5.46. The molecule has 0 unspecified atom stereocenters. The summed E-state index contributed by atoms with van der Waals surface area (Å²) in [5.41, 5.74) is 10.6. The molecule has 24 heavy (non-hydrogen) atoms. The first-order valence-corrected chi connectivity index (χ1v) is 6.98. The van der Waals surface area contributed by atoms with E-state index in [0.29, 0.717) is 0 Å². The smallest absolute Gasteiger partial charge is 0.364 e. The fraction of sp³-hybridized carbons (Fsp3) is 0.750. The van der Waals surface area contributed by atoms with Crippen LogP contribution in [0.1, 0.15) is 13.3 Å². The zero-order valence-electron chi connectivity index (χ0n) is 12.9. The molecule has 0 saturated carbocycles. The molecule has 12 nitrogen and oxygen atoms in total. The third-order valence-corrected chi connectivity index (χ3v) is 3.52. The number of ether oxygens (including phenoxy) is 1. The van der Waals surface area contributed by atoms with Crippen LogP contribution in [-0.2, 0) is 14.3 Å². The van der Waals surface area contributed by atoms with Crippen molar-refractivity contribution in [3.8, 4) is 0 Å². The summed E-state index contributed by atoms with van der Waals surface area (Å²) < 4.78 is 5.01. The monoisotopic (exact) mass is 350 g/mol. The van der Waals surface area contributed by atoms with Gasteiger partial charge in [-0.15, -0.1) is 0 Å². The van der Waals surface area contributed by atoms with Gasteiger partial charge in [0.1, 0.15) is 18.3 Å². The van der Waals surface area contributed by atoms with E-state index in [1.165, 1.54) is 0 Å². The van der Waals surface area contributed by atoms with Crippen LogP contribution in [0.2, 0.25) is 0 Å². The maximum Gasteiger partial charge on any atom is 0.364 e. The molecule has 0 aromatic carbocycles. The summed E-state index contributed by atoms with van der Waals surface area (Å²) in [5, 5.41) is 50.3. The number of aliphatic hydroxyl groups is 4. The van der Waals surface area contributed by atoms with Crippen LogP contribution in [0, 0.1) is 0 Å². The quantitative estimate of drug-likeness (QED) is 0.169. The highest BCUT2D eigenvalue weighted by Gasteiger charge is 2.54. The molecular formula is C12H22N4O8. The fourth-order valence-corrected chi connectivity index (χ4v) is 2.45. The molecule has 0 spiro atoms. The van der Waals surface area contributed by atoms with Gasteiger partial charge in [-0.25, -0.2) is 9.79 Å². The Morgan fingerprint density at radius 2 is 2.00 bits per heavy atom. The van der Waals surface area contributed by atoms with Crippen molar-refractivity contribution in [1.82, 2.24) is 5.32 Å². The van der Waals surface area contributed by atoms with E-state index in [1.807, 2.05) is 0 Å². The molecule has 1 aliphatic heterocycles. The van der Waals surface area contributed by atoms with Crippen LogP contribution in [0.5, 0.6) is 0 Å². The van der Waals surface area contributed by atoms with Crippen LogP contribution in [0.15, 0.2) is 4.99 Å². The molecule has 1 heterocycles. The highest BCUT2D eigenvalue weighted by Crippen LogP contribution is 2.32. The molecule has 0 bridgehead atoms. The van der Waals surface area contributed by atoms with Crippen molar-refractivity contribution in [1.29, 1.82) is 0 Å². The largest absolute Gasteiger partial charge is 0.477 e. The lowest BCUT2D eigenvalue weighted by Crippen LogP contribution is -2.67. The minimum Gasteiger partial charge on any atom is -0.477 e. The summed E-state index contributed by atoms with van der Waals surface area (Å²) in [5.74, 6) is -5.55. The van der Waals surface area contributed by atoms with Crippen LogP contribution in [0.4, 0.5) is 0 Å². The second kappa shape index (κ2) is 7.72. The lowest BCUT2D eigenvalue weighted by molar-refractivity contribution is -0.282. The van der Waals surface area contributed by atoms with Gasteiger partial charge in [-0.3, -0.25) is 4.79 Å². The molecule has 0 aromatic heterocycles. The van der Waals surface area contributed by atoms with Crippen molar-refractivity contribution in [2.75, 3.05) is 6.61 Å². The van der Waals surface area contributed by atoms with Gasteiger partial charge in [-0.2, -0.15) is 0 Å². The number of aliphatic imine (C=N–C) groups is 1. The highest BCUT2D eigenvalue weighted by molar-refractivity contribution is 5.78. The van der Waals surface area contributed by atoms with Crippen LogP contribution in [0.25, 0.3) is 0 Å². The number of hydrogen-bond acceptors (Lipinski definition) is 8. The van der Waals surface area contributed by atoms with Crippen LogP contribution in [0.3, 0.4) is 0 Å². The number of rotatable bonds is 6. The average molecular weight is 350 g/mol. The number of amides is 1. The van der Waals surface area contributed by atoms with Gasteiger partial charge in [-0.1, -0.05) is 0 Å². The number of carboxylic acid groups (broad SMARTS) is 1. The van der Waals surface area contributed by atoms with Crippen LogP contribution >= 0.6 is 0 Å². The Morgan fingerprint density at radius 3 is 2.42 bits per heavy atom. The SMILES string of the molecule is CC(=O)N[C@H]1[C@H]([C@H](O)[C@H](O)CO)O[C@@](O)(C(=O)O)C[C@@H]1N=C(N)N. The third kappa shape index (κ3) is 4.52. The van der Waals surface area contributed by atoms with Crippen molar-refractivity contribution in [3.05, 3.63) is 0 Å². The maximum atomic E-state index is 11.4. The lowest BCUT2D eigenvalue weighted by Gasteiger charge is -2.45. The topological polar surface area (TPSA) is 221 Å². The van der Waals surface area contributed by atoms with E-state index in [4.69, 9.17) is 26.4 Å². The van der Waals surface area contributed by atoms with Crippen LogP contribution in [-0.4, -0.2) is 86.2 Å². The fourth-order valence-electron chi connectivity index (χ4n) is 2.45. The second-order valence-electron chi connectivity index (χ2n) is 5.46. The molecule has 10 N–H and O–H groups in total. The van der Waals surface area contributed by atoms with E-state index in [1.54, 1.807) is 0 Å². The molecule has 6 atom stereocenters. The van der Waals surface area contributed by atoms with Gasteiger partial charge in [0.2, 0.25) is 5.91 Å². The number of carbonyl (C=O) groups is 2. The Bertz CT molecular complexity index is 511. The summed E-state index contributed by atoms with van der Waals surface area (Å²) in [7, 11) is 0. The molecule has 1 fully saturated rings. The Hall–Kier alpha value is -1.99. The zero-order valence-corrected chi connectivity index (χ0v) is 12.9. The van der Waals surface area contributed by atoms with E-state index < -0.39 is 67.0 Å². The van der Waals surface area contributed by atoms with Crippen LogP contribution < -0.4 is 16.8 Å². The van der Waals surface area contributed by atoms with Gasteiger partial charge < -0.3 is 47.1 Å². The molecule has 0 radical (unpaired) electrons. The average Bonchev–Trinajstić information content (AvgIpc) is 2.47. The first-order chi connectivity index (χ1) is 11.0. The molecule has 0 aliphatic carbocycles. The summed E-state index contributed by atoms with van der Waals surface area (Å²) in [6.07, 6.45) is -5.79. The molecule has 1 rings (SSSR count). The highest BCUT2D eigenvalue weighted by atomic mass is 16.7. The Kier molecular flexibility index (Phi) is 6.45. The summed E-state index contributed by atoms with van der Waals surface area (Å²) >= 11 is 0. The molecule has 1 aliphatic rings. The number of carbonyl (C=O) groups excluding carboxylic acids is 1. The maximum absolute atomic E-state index is 11.4. The van der Waals surface area contributed by atoms with Crippen molar-refractivity contribution in [2.45, 2.75) is 49.5 Å². The van der Waals surface area contributed by atoms with Crippen molar-refractivity contribution in [3.63, 3.8) is 0 Å². The summed E-state index contributed by atoms with van der Waals surface area (Å²) in [6.45, 7) is 0.281. The first kappa shape index (κ1) is 20.1. The van der Waals surface area contributed by atoms with Crippen molar-refractivity contribution < 1.29 is 39.9 Å². The van der Waals surface area contributed by atoms with E-state index in [0.717, 1.165) is 6.92 Å². The number of nitrogens with zero attached hydrogens (tertiary/aromatic N) is 1. The van der Waals surface area contributed by atoms with Gasteiger partial charge in [0.25, 0.3) is 5.79 Å². The van der Waals surface area contributed by atoms with Crippen molar-refractivity contribution >= 4 is 17.8 Å². The van der Waals surface area contributed by atoms with E-state index in [9.17, 15) is 24.9 Å². The number of aliphatic carboxylic acids is 1. The Morgan fingerprint density at radius 1 is 1.42 bits per heavy atom. The van der Waals surface area contributed by atoms with Gasteiger partial charge in [-0.05, 0) is 0 Å². The van der Waals surface area contributed by atoms with Gasteiger partial charge >= 0.3 is 5.97 Å². The van der Waals surface area contributed by atoms with E-state index in [2.05, 4.69) is 10.3 Å². The molecule has 138 valence electrons. The van der Waals surface area contributed by atoms with Gasteiger partial charge in [0, 0.05) is 13.3 Å². The van der Waals surface area contributed by atoms with E-state index in [-0.39, 0.29) is 0 Å². The number of nitrogens with two attached hydrogens (primary N) is 2. The van der Waals surface area contributed by atoms with Crippen molar-refractivity contribution in [2.24, 2.45) is 16.5 Å². The first-order valence-electron chi connectivity index (χ1n) is 6.98. The molecule has 1 amide bonds. The minimum absolute atomic E-state index is 0.444. The number of carboxylic acids is 1. The minimum atomic E-state index is -2.76. The predicted octanol–water partition coefficient (Wildman–Crippen LogP) is -4.59. The Labute approximate surface area is 136 Å². The van der Waals surface area contributed by atoms with Gasteiger partial charge in [0.15, 0.2) is 5.96 Å². The molecule has 1 saturated heterocycles. The summed E-state index contributed by atoms with van der Waals surface area (Å²) in [4.78, 5) is 26.4. The zero-order chi connectivity index (χ0) is 18.7. The normalized spacial score (nSPS) is 32.5. The van der Waals surface area contributed by atoms with Gasteiger partial charge in [0.05, 0.1) is 18.7 Å². The third-order valence-electron chi connectivity index (χ3n) is 3.52. The predicted molar refractivity (Wildman–Crippen MR) is 78.4 cm³/mol. The number of nitrogens with one attached hydrogen (secondary N) is 1. The molecule has 0 aromatic rings. The lowest BCUT2D eigenvalue weighted by atomic mass is 9.87. The molecule has 12 heteroatoms. The Balaban J connectivity index is 3.31.